The summed E-state index contributed by atoms with van der Waals surface area (Å²) in [5.41, 5.74) is 1.08. The molecule has 0 aliphatic carbocycles. The molecule has 0 unspecified atom stereocenters. The molecule has 0 aliphatic heterocycles. The standard InChI is InChI=1S/C18H25N3O4/c1-12(2)15(18(24)25)19-17(23)16-13-8-4-5-9-14(13)21(20-16)10-6-3-7-11-22/h4-5,8-9,12,15,22H,3,6-7,10-11H2,1-2H3,(H,19,23)(H,24,25)/t15-/m0/s1. The summed E-state index contributed by atoms with van der Waals surface area (Å²) in [6.07, 6.45) is 2.46. The van der Waals surface area contributed by atoms with Gasteiger partial charge < -0.3 is 15.5 Å². The lowest BCUT2D eigenvalue weighted by Gasteiger charge is -2.17. The van der Waals surface area contributed by atoms with Crippen LogP contribution in [0.5, 0.6) is 0 Å². The van der Waals surface area contributed by atoms with E-state index in [2.05, 4.69) is 10.4 Å². The zero-order chi connectivity index (χ0) is 18.4. The van der Waals surface area contributed by atoms with Crippen LogP contribution in [0.2, 0.25) is 0 Å². The van der Waals surface area contributed by atoms with E-state index in [0.29, 0.717) is 11.9 Å². The van der Waals surface area contributed by atoms with Crippen molar-refractivity contribution in [3.8, 4) is 0 Å². The average Bonchev–Trinajstić information content (AvgIpc) is 2.95. The van der Waals surface area contributed by atoms with Gasteiger partial charge in [0, 0.05) is 18.5 Å². The van der Waals surface area contributed by atoms with Crippen molar-refractivity contribution in [2.45, 2.75) is 45.7 Å². The smallest absolute Gasteiger partial charge is 0.326 e. The van der Waals surface area contributed by atoms with Crippen LogP contribution < -0.4 is 5.32 Å². The van der Waals surface area contributed by atoms with Gasteiger partial charge in [0.05, 0.1) is 5.52 Å². The lowest BCUT2D eigenvalue weighted by atomic mass is 10.0. The molecule has 0 spiro atoms. The molecule has 3 N–H and O–H groups in total. The number of aryl methyl sites for hydroxylation is 1. The Kier molecular flexibility index (Phi) is 6.52. The van der Waals surface area contributed by atoms with Crippen molar-refractivity contribution in [1.82, 2.24) is 15.1 Å². The Morgan fingerprint density at radius 2 is 1.92 bits per heavy atom. The van der Waals surface area contributed by atoms with Gasteiger partial charge in [-0.25, -0.2) is 4.79 Å². The fourth-order valence-corrected chi connectivity index (χ4v) is 2.74. The molecule has 136 valence electrons. The first-order chi connectivity index (χ1) is 12.0. The van der Waals surface area contributed by atoms with Gasteiger partial charge in [-0.3, -0.25) is 9.48 Å². The number of carbonyl (C=O) groups excluding carboxylic acids is 1. The average molecular weight is 347 g/mol. The monoisotopic (exact) mass is 347 g/mol. The predicted octanol–water partition coefficient (Wildman–Crippen LogP) is 2.04. The molecule has 25 heavy (non-hydrogen) atoms. The molecule has 0 aliphatic rings. The highest BCUT2D eigenvalue weighted by atomic mass is 16.4. The number of amides is 1. The quantitative estimate of drug-likeness (QED) is 0.602. The molecule has 0 saturated carbocycles. The van der Waals surface area contributed by atoms with Crippen LogP contribution in [0.15, 0.2) is 24.3 Å². The summed E-state index contributed by atoms with van der Waals surface area (Å²) in [6.45, 7) is 4.30. The lowest BCUT2D eigenvalue weighted by molar-refractivity contribution is -0.140. The molecule has 1 aromatic heterocycles. The second kappa shape index (κ2) is 8.62. The molecule has 1 atom stereocenters. The number of hydrogen-bond acceptors (Lipinski definition) is 4. The number of nitrogens with zero attached hydrogens (tertiary/aromatic N) is 2. The van der Waals surface area contributed by atoms with Crippen LogP contribution in [0.25, 0.3) is 10.9 Å². The Bertz CT molecular complexity index is 739. The number of nitrogens with one attached hydrogen (secondary N) is 1. The zero-order valence-corrected chi connectivity index (χ0v) is 14.6. The zero-order valence-electron chi connectivity index (χ0n) is 14.6. The number of aromatic nitrogens is 2. The van der Waals surface area contributed by atoms with Crippen LogP contribution in [0.4, 0.5) is 0 Å². The van der Waals surface area contributed by atoms with E-state index in [0.717, 1.165) is 24.8 Å². The molecule has 1 aromatic carbocycles. The number of benzene rings is 1. The molecule has 0 saturated heterocycles. The number of carboxylic acids is 1. The fraction of sp³-hybridized carbons (Fsp3) is 0.500. The maximum absolute atomic E-state index is 12.6. The molecule has 1 amide bonds. The minimum atomic E-state index is -1.06. The Hall–Kier alpha value is -2.41. The van der Waals surface area contributed by atoms with Crippen molar-refractivity contribution in [1.29, 1.82) is 0 Å². The normalized spacial score (nSPS) is 12.5. The van der Waals surface area contributed by atoms with E-state index < -0.39 is 17.9 Å². The number of aliphatic hydroxyl groups excluding tert-OH is 1. The van der Waals surface area contributed by atoms with Gasteiger partial charge in [-0.05, 0) is 31.2 Å². The summed E-state index contributed by atoms with van der Waals surface area (Å²) in [5, 5.41) is 25.8. The molecule has 1 heterocycles. The predicted molar refractivity (Wildman–Crippen MR) is 94.4 cm³/mol. The van der Waals surface area contributed by atoms with Gasteiger partial charge in [0.1, 0.15) is 6.04 Å². The molecular weight excluding hydrogens is 322 g/mol. The SMILES string of the molecule is CC(C)[C@H](NC(=O)c1nn(CCCCCO)c2ccccc12)C(=O)O. The number of aliphatic hydroxyl groups is 1. The number of hydrogen-bond donors (Lipinski definition) is 3. The third kappa shape index (κ3) is 4.57. The van der Waals surface area contributed by atoms with Gasteiger partial charge in [-0.15, -0.1) is 0 Å². The number of carboxylic acid groups (broad SMARTS) is 1. The number of rotatable bonds is 9. The highest BCUT2D eigenvalue weighted by Crippen LogP contribution is 2.19. The second-order valence-electron chi connectivity index (χ2n) is 6.41. The molecule has 0 bridgehead atoms. The van der Waals surface area contributed by atoms with Crippen LogP contribution in [-0.4, -0.2) is 44.5 Å². The molecule has 2 rings (SSSR count). The van der Waals surface area contributed by atoms with Crippen molar-refractivity contribution in [3.05, 3.63) is 30.0 Å². The van der Waals surface area contributed by atoms with Crippen molar-refractivity contribution >= 4 is 22.8 Å². The maximum atomic E-state index is 12.6. The van der Waals surface area contributed by atoms with E-state index >= 15 is 0 Å². The maximum Gasteiger partial charge on any atom is 0.326 e. The van der Waals surface area contributed by atoms with Crippen LogP contribution in [0.3, 0.4) is 0 Å². The number of fused-ring (bicyclic) bond motifs is 1. The minimum Gasteiger partial charge on any atom is -0.480 e. The molecule has 0 fully saturated rings. The van der Waals surface area contributed by atoms with Crippen molar-refractivity contribution in [2.24, 2.45) is 5.92 Å². The molecule has 0 radical (unpaired) electrons. The van der Waals surface area contributed by atoms with Crippen molar-refractivity contribution in [2.75, 3.05) is 6.61 Å². The Labute approximate surface area is 146 Å². The first kappa shape index (κ1) is 18.9. The van der Waals surface area contributed by atoms with Gasteiger partial charge in [0.2, 0.25) is 0 Å². The first-order valence-electron chi connectivity index (χ1n) is 8.55. The highest BCUT2D eigenvalue weighted by Gasteiger charge is 2.26. The van der Waals surface area contributed by atoms with Crippen LogP contribution in [-0.2, 0) is 11.3 Å². The fourth-order valence-electron chi connectivity index (χ4n) is 2.74. The van der Waals surface area contributed by atoms with Gasteiger partial charge in [-0.1, -0.05) is 32.0 Å². The minimum absolute atomic E-state index is 0.166. The topological polar surface area (TPSA) is 104 Å². The van der Waals surface area contributed by atoms with E-state index in [9.17, 15) is 14.7 Å². The highest BCUT2D eigenvalue weighted by molar-refractivity contribution is 6.05. The van der Waals surface area contributed by atoms with Gasteiger partial charge in [0.25, 0.3) is 5.91 Å². The number of para-hydroxylation sites is 1. The molecule has 2 aromatic rings. The Morgan fingerprint density at radius 3 is 2.56 bits per heavy atom. The third-order valence-corrected chi connectivity index (χ3v) is 4.12. The van der Waals surface area contributed by atoms with Crippen LogP contribution in [0, 0.1) is 5.92 Å². The summed E-state index contributed by atoms with van der Waals surface area (Å²) in [4.78, 5) is 23.9. The lowest BCUT2D eigenvalue weighted by Crippen LogP contribution is -2.44. The number of unbranched alkanes of at least 4 members (excludes halogenated alkanes) is 2. The summed E-state index contributed by atoms with van der Waals surface area (Å²) in [7, 11) is 0. The largest absolute Gasteiger partial charge is 0.480 e. The van der Waals surface area contributed by atoms with Gasteiger partial charge >= 0.3 is 5.97 Å². The molecule has 7 heteroatoms. The van der Waals surface area contributed by atoms with E-state index in [1.165, 1.54) is 0 Å². The van der Waals surface area contributed by atoms with E-state index in [1.807, 2.05) is 24.3 Å². The van der Waals surface area contributed by atoms with E-state index in [1.54, 1.807) is 18.5 Å². The van der Waals surface area contributed by atoms with Gasteiger partial charge in [-0.2, -0.15) is 5.10 Å². The summed E-state index contributed by atoms with van der Waals surface area (Å²) < 4.78 is 1.77. The Morgan fingerprint density at radius 1 is 1.20 bits per heavy atom. The van der Waals surface area contributed by atoms with E-state index in [4.69, 9.17) is 5.11 Å². The number of aliphatic carboxylic acids is 1. The van der Waals surface area contributed by atoms with Gasteiger partial charge in [0.15, 0.2) is 5.69 Å². The van der Waals surface area contributed by atoms with Crippen molar-refractivity contribution < 1.29 is 19.8 Å². The van der Waals surface area contributed by atoms with Crippen LogP contribution in [0.1, 0.15) is 43.6 Å². The molecule has 7 nitrogen and oxygen atoms in total. The summed E-state index contributed by atoms with van der Waals surface area (Å²) >= 11 is 0. The third-order valence-electron chi connectivity index (χ3n) is 4.12. The summed E-state index contributed by atoms with van der Waals surface area (Å²) in [6, 6.07) is 6.45. The van der Waals surface area contributed by atoms with Crippen LogP contribution >= 0.6 is 0 Å². The van der Waals surface area contributed by atoms with E-state index in [-0.39, 0.29) is 18.2 Å². The van der Waals surface area contributed by atoms with Crippen molar-refractivity contribution in [3.63, 3.8) is 0 Å². The molecular formula is C18H25N3O4. The summed E-state index contributed by atoms with van der Waals surface area (Å²) in [5.74, 6) is -1.77. The Balaban J connectivity index is 2.25. The second-order valence-corrected chi connectivity index (χ2v) is 6.41. The number of carbonyl (C=O) groups is 2. The first-order valence-corrected chi connectivity index (χ1v) is 8.55.